The zero-order valence-corrected chi connectivity index (χ0v) is 11.8. The average molecular weight is 256 g/mol. The van der Waals surface area contributed by atoms with Crippen LogP contribution in [-0.2, 0) is 22.6 Å². The van der Waals surface area contributed by atoms with Gasteiger partial charge >= 0.3 is 0 Å². The molecule has 0 atom stereocenters. The summed E-state index contributed by atoms with van der Waals surface area (Å²) in [6, 6.07) is 0. The highest BCUT2D eigenvalue weighted by Crippen LogP contribution is 2.06. The maximum absolute atomic E-state index is 5.63. The minimum atomic E-state index is -0.106. The fourth-order valence-electron chi connectivity index (χ4n) is 1.36. The van der Waals surface area contributed by atoms with Crippen LogP contribution >= 0.6 is 0 Å². The maximum Gasteiger partial charge on any atom is 0.0964 e. The summed E-state index contributed by atoms with van der Waals surface area (Å²) in [7, 11) is 1.69. The predicted octanol–water partition coefficient (Wildman–Crippen LogP) is 0.829. The van der Waals surface area contributed by atoms with Gasteiger partial charge in [0.15, 0.2) is 0 Å². The van der Waals surface area contributed by atoms with Crippen molar-refractivity contribution in [1.29, 1.82) is 0 Å². The van der Waals surface area contributed by atoms with E-state index in [4.69, 9.17) is 9.47 Å². The fraction of sp³-hybridized carbons (Fsp3) is 0.833. The van der Waals surface area contributed by atoms with E-state index in [1.807, 2.05) is 27.0 Å². The summed E-state index contributed by atoms with van der Waals surface area (Å²) in [5.41, 5.74) is 0.826. The number of hydrogen-bond donors (Lipinski definition) is 1. The number of nitrogens with zero attached hydrogens (tertiary/aromatic N) is 3. The number of methoxy groups -OCH3 is 1. The highest BCUT2D eigenvalue weighted by Gasteiger charge is 2.09. The average Bonchev–Trinajstić information content (AvgIpc) is 2.71. The van der Waals surface area contributed by atoms with Crippen molar-refractivity contribution in [3.05, 3.63) is 11.9 Å². The van der Waals surface area contributed by atoms with Crippen LogP contribution in [0.5, 0.6) is 0 Å². The molecule has 0 fully saturated rings. The lowest BCUT2D eigenvalue weighted by Crippen LogP contribution is -2.22. The lowest BCUT2D eigenvalue weighted by atomic mass is 10.2. The quantitative estimate of drug-likeness (QED) is 0.698. The van der Waals surface area contributed by atoms with Crippen LogP contribution < -0.4 is 5.32 Å². The first-order chi connectivity index (χ1) is 8.51. The van der Waals surface area contributed by atoms with Crippen LogP contribution in [0.1, 0.15) is 26.5 Å². The topological polar surface area (TPSA) is 61.2 Å². The number of rotatable bonds is 8. The van der Waals surface area contributed by atoms with Gasteiger partial charge in [-0.3, -0.25) is 0 Å². The van der Waals surface area contributed by atoms with Crippen molar-refractivity contribution >= 4 is 0 Å². The Kier molecular flexibility index (Phi) is 6.24. The second-order valence-corrected chi connectivity index (χ2v) is 5.10. The molecule has 0 amide bonds. The van der Waals surface area contributed by atoms with E-state index in [1.165, 1.54) is 0 Å². The summed E-state index contributed by atoms with van der Waals surface area (Å²) >= 11 is 0. The summed E-state index contributed by atoms with van der Waals surface area (Å²) in [4.78, 5) is 0. The van der Waals surface area contributed by atoms with Crippen LogP contribution in [0.15, 0.2) is 6.20 Å². The van der Waals surface area contributed by atoms with Crippen LogP contribution in [0.25, 0.3) is 0 Å². The Hall–Kier alpha value is -0.980. The molecular weight excluding hydrogens is 232 g/mol. The SMILES string of the molecule is COCCNCc1cn(CCOC(C)(C)C)nn1. The minimum Gasteiger partial charge on any atom is -0.383 e. The fourth-order valence-corrected chi connectivity index (χ4v) is 1.36. The highest BCUT2D eigenvalue weighted by molar-refractivity contribution is 4.91. The highest BCUT2D eigenvalue weighted by atomic mass is 16.5. The van der Waals surface area contributed by atoms with Crippen molar-refractivity contribution < 1.29 is 9.47 Å². The molecule has 0 bridgehead atoms. The zero-order chi connectivity index (χ0) is 13.4. The first-order valence-corrected chi connectivity index (χ1v) is 6.24. The van der Waals surface area contributed by atoms with Gasteiger partial charge in [-0.25, -0.2) is 4.68 Å². The Bertz CT molecular complexity index is 333. The van der Waals surface area contributed by atoms with Gasteiger partial charge in [-0.1, -0.05) is 5.21 Å². The van der Waals surface area contributed by atoms with E-state index in [1.54, 1.807) is 11.8 Å². The third kappa shape index (κ3) is 6.68. The van der Waals surface area contributed by atoms with Crippen molar-refractivity contribution in [2.45, 2.75) is 39.5 Å². The zero-order valence-electron chi connectivity index (χ0n) is 11.8. The largest absolute Gasteiger partial charge is 0.383 e. The van der Waals surface area contributed by atoms with Gasteiger partial charge in [0.1, 0.15) is 0 Å². The molecule has 1 aromatic heterocycles. The van der Waals surface area contributed by atoms with Crippen LogP contribution in [0.2, 0.25) is 0 Å². The first kappa shape index (κ1) is 15.1. The Morgan fingerprint density at radius 3 is 2.78 bits per heavy atom. The van der Waals surface area contributed by atoms with Gasteiger partial charge in [-0.15, -0.1) is 5.10 Å². The molecule has 1 heterocycles. The molecule has 0 aliphatic rings. The van der Waals surface area contributed by atoms with Crippen molar-refractivity contribution in [2.24, 2.45) is 0 Å². The third-order valence-corrected chi connectivity index (χ3v) is 2.23. The summed E-state index contributed by atoms with van der Waals surface area (Å²) in [6.07, 6.45) is 1.94. The molecule has 0 aliphatic carbocycles. The molecular formula is C12H24N4O2. The second kappa shape index (κ2) is 7.45. The summed E-state index contributed by atoms with van der Waals surface area (Å²) in [6.45, 7) is 9.72. The monoisotopic (exact) mass is 256 g/mol. The lowest BCUT2D eigenvalue weighted by molar-refractivity contribution is -0.00805. The Morgan fingerprint density at radius 1 is 1.33 bits per heavy atom. The second-order valence-electron chi connectivity index (χ2n) is 5.10. The van der Waals surface area contributed by atoms with E-state index in [2.05, 4.69) is 15.6 Å². The predicted molar refractivity (Wildman–Crippen MR) is 69.3 cm³/mol. The molecule has 1 N–H and O–H groups in total. The van der Waals surface area contributed by atoms with E-state index < -0.39 is 0 Å². The smallest absolute Gasteiger partial charge is 0.0964 e. The van der Waals surface area contributed by atoms with E-state index in [9.17, 15) is 0 Å². The van der Waals surface area contributed by atoms with Crippen molar-refractivity contribution in [2.75, 3.05) is 26.9 Å². The van der Waals surface area contributed by atoms with Gasteiger partial charge in [0.2, 0.25) is 0 Å². The minimum absolute atomic E-state index is 0.106. The number of ether oxygens (including phenoxy) is 2. The lowest BCUT2D eigenvalue weighted by Gasteiger charge is -2.19. The molecule has 0 radical (unpaired) electrons. The molecule has 18 heavy (non-hydrogen) atoms. The number of nitrogens with one attached hydrogen (secondary N) is 1. The van der Waals surface area contributed by atoms with E-state index in [-0.39, 0.29) is 5.60 Å². The van der Waals surface area contributed by atoms with Crippen LogP contribution in [0.3, 0.4) is 0 Å². The molecule has 1 aromatic rings. The van der Waals surface area contributed by atoms with Crippen LogP contribution in [0.4, 0.5) is 0 Å². The van der Waals surface area contributed by atoms with Gasteiger partial charge < -0.3 is 14.8 Å². The molecule has 0 aromatic carbocycles. The van der Waals surface area contributed by atoms with Gasteiger partial charge in [-0.2, -0.15) is 0 Å². The van der Waals surface area contributed by atoms with Gasteiger partial charge in [-0.05, 0) is 20.8 Å². The molecule has 0 saturated carbocycles. The normalized spacial score (nSPS) is 12.0. The summed E-state index contributed by atoms with van der Waals surface area (Å²) in [5.74, 6) is 0. The van der Waals surface area contributed by atoms with E-state index >= 15 is 0 Å². The molecule has 0 spiro atoms. The summed E-state index contributed by atoms with van der Waals surface area (Å²) in [5, 5.41) is 11.4. The molecule has 6 nitrogen and oxygen atoms in total. The maximum atomic E-state index is 5.63. The number of hydrogen-bond acceptors (Lipinski definition) is 5. The first-order valence-electron chi connectivity index (χ1n) is 6.24. The van der Waals surface area contributed by atoms with Gasteiger partial charge in [0, 0.05) is 26.4 Å². The van der Waals surface area contributed by atoms with Gasteiger partial charge in [0.05, 0.1) is 31.1 Å². The van der Waals surface area contributed by atoms with Gasteiger partial charge in [0.25, 0.3) is 0 Å². The Morgan fingerprint density at radius 2 is 2.11 bits per heavy atom. The molecule has 0 aliphatic heterocycles. The Balaban J connectivity index is 2.21. The van der Waals surface area contributed by atoms with Crippen LogP contribution in [-0.4, -0.2) is 47.5 Å². The standard InChI is InChI=1S/C12H24N4O2/c1-12(2,3)18-8-6-16-10-11(14-15-16)9-13-5-7-17-4/h10,13H,5-9H2,1-4H3. The molecule has 104 valence electrons. The molecule has 6 heteroatoms. The van der Waals surface area contributed by atoms with E-state index in [0.29, 0.717) is 19.8 Å². The molecule has 1 rings (SSSR count). The molecule has 0 unspecified atom stereocenters. The Labute approximate surface area is 109 Å². The molecule has 0 saturated heterocycles. The van der Waals surface area contributed by atoms with E-state index in [0.717, 1.165) is 18.8 Å². The van der Waals surface area contributed by atoms with Crippen molar-refractivity contribution in [1.82, 2.24) is 20.3 Å². The number of aromatic nitrogens is 3. The van der Waals surface area contributed by atoms with Crippen molar-refractivity contribution in [3.8, 4) is 0 Å². The van der Waals surface area contributed by atoms with Crippen molar-refractivity contribution in [3.63, 3.8) is 0 Å². The third-order valence-electron chi connectivity index (χ3n) is 2.23. The van der Waals surface area contributed by atoms with Crippen LogP contribution in [0, 0.1) is 0 Å². The summed E-state index contributed by atoms with van der Waals surface area (Å²) < 4.78 is 12.4.